The summed E-state index contributed by atoms with van der Waals surface area (Å²) >= 11 is 2.15. The summed E-state index contributed by atoms with van der Waals surface area (Å²) in [5.41, 5.74) is 9.76. The SMILES string of the molecule is CN(I)C/C=C/C(=O)Nc1cccc2c1OCc1[nH]c(=O)c3c(N)n(-c4ccc(Oc5ccccc5)cc4)nc3c1-2. The maximum absolute atomic E-state index is 13.1. The zero-order chi connectivity index (χ0) is 28.5. The number of benzene rings is 3. The highest BCUT2D eigenvalue weighted by atomic mass is 127. The molecule has 0 unspecified atom stereocenters. The summed E-state index contributed by atoms with van der Waals surface area (Å²) in [5.74, 6) is 1.82. The van der Waals surface area contributed by atoms with Crippen LogP contribution in [0.2, 0.25) is 0 Å². The van der Waals surface area contributed by atoms with Gasteiger partial charge in [-0.1, -0.05) is 36.4 Å². The number of aromatic nitrogens is 3. The first-order chi connectivity index (χ1) is 19.9. The van der Waals surface area contributed by atoms with Crippen molar-refractivity contribution in [1.82, 2.24) is 17.9 Å². The molecule has 5 aromatic rings. The summed E-state index contributed by atoms with van der Waals surface area (Å²) in [6.45, 7) is 0.733. The second kappa shape index (κ2) is 11.1. The van der Waals surface area contributed by atoms with Crippen molar-refractivity contribution < 1.29 is 14.3 Å². The first-order valence-electron chi connectivity index (χ1n) is 12.8. The summed E-state index contributed by atoms with van der Waals surface area (Å²) in [7, 11) is 1.91. The van der Waals surface area contributed by atoms with E-state index in [1.54, 1.807) is 16.8 Å². The summed E-state index contributed by atoms with van der Waals surface area (Å²) in [4.78, 5) is 28.6. The second-order valence-electron chi connectivity index (χ2n) is 9.39. The Bertz CT molecular complexity index is 1850. The number of fused-ring (bicyclic) bond motifs is 5. The normalized spacial score (nSPS) is 12.3. The summed E-state index contributed by atoms with van der Waals surface area (Å²) < 4.78 is 15.4. The van der Waals surface area contributed by atoms with E-state index < -0.39 is 0 Å². The van der Waals surface area contributed by atoms with E-state index in [-0.39, 0.29) is 29.3 Å². The van der Waals surface area contributed by atoms with E-state index in [4.69, 9.17) is 20.3 Å². The van der Waals surface area contributed by atoms with Gasteiger partial charge in [-0.15, -0.1) is 0 Å². The number of halogens is 1. The number of anilines is 2. The maximum Gasteiger partial charge on any atom is 0.261 e. The smallest absolute Gasteiger partial charge is 0.261 e. The molecule has 0 atom stereocenters. The number of carbonyl (C=O) groups is 1. The zero-order valence-corrected chi connectivity index (χ0v) is 24.1. The molecule has 1 aliphatic rings. The molecular formula is C30H25IN6O4. The highest BCUT2D eigenvalue weighted by Crippen LogP contribution is 2.44. The van der Waals surface area contributed by atoms with Gasteiger partial charge < -0.3 is 25.5 Å². The van der Waals surface area contributed by atoms with Crippen molar-refractivity contribution in [1.29, 1.82) is 0 Å². The Morgan fingerprint density at radius 1 is 1.15 bits per heavy atom. The first kappa shape index (κ1) is 26.6. The third-order valence-corrected chi connectivity index (χ3v) is 6.93. The van der Waals surface area contributed by atoms with Crippen molar-refractivity contribution in [2.75, 3.05) is 24.6 Å². The average Bonchev–Trinajstić information content (AvgIpc) is 3.31. The number of nitrogens with one attached hydrogen (secondary N) is 2. The molecule has 0 spiro atoms. The van der Waals surface area contributed by atoms with Crippen LogP contribution < -0.4 is 26.1 Å². The van der Waals surface area contributed by atoms with Crippen molar-refractivity contribution in [2.24, 2.45) is 0 Å². The number of carbonyl (C=O) groups excluding carboxylic acids is 1. The monoisotopic (exact) mass is 660 g/mol. The summed E-state index contributed by atoms with van der Waals surface area (Å²) in [6.07, 6.45) is 3.26. The molecule has 0 radical (unpaired) electrons. The van der Waals surface area contributed by atoms with Crippen molar-refractivity contribution in [3.05, 3.63) is 101 Å². The topological polar surface area (TPSA) is 128 Å². The van der Waals surface area contributed by atoms with Gasteiger partial charge in [-0.2, -0.15) is 5.10 Å². The molecule has 4 N–H and O–H groups in total. The van der Waals surface area contributed by atoms with E-state index in [2.05, 4.69) is 33.2 Å². The number of likely N-dealkylation sites (N-methyl/N-ethyl adjacent to an activating group) is 1. The number of ether oxygens (including phenoxy) is 2. The third kappa shape index (κ3) is 5.28. The van der Waals surface area contributed by atoms with Crippen LogP contribution in [0.1, 0.15) is 5.69 Å². The molecule has 0 aliphatic carbocycles. The van der Waals surface area contributed by atoms with Gasteiger partial charge in [0.25, 0.3) is 5.56 Å². The lowest BCUT2D eigenvalue weighted by molar-refractivity contribution is -0.111. The van der Waals surface area contributed by atoms with Crippen LogP contribution in [0.3, 0.4) is 0 Å². The Morgan fingerprint density at radius 3 is 2.66 bits per heavy atom. The average molecular weight is 660 g/mol. The van der Waals surface area contributed by atoms with E-state index in [0.717, 1.165) is 5.75 Å². The van der Waals surface area contributed by atoms with E-state index in [0.29, 0.717) is 51.8 Å². The minimum atomic E-state index is -0.353. The predicted octanol–water partition coefficient (Wildman–Crippen LogP) is 5.42. The number of hydrogen-bond donors (Lipinski definition) is 3. The molecule has 0 fully saturated rings. The number of nitrogens with two attached hydrogens (primary N) is 1. The summed E-state index contributed by atoms with van der Waals surface area (Å²) in [5, 5.41) is 7.96. The van der Waals surface area contributed by atoms with Gasteiger partial charge in [0.2, 0.25) is 5.91 Å². The molecule has 1 aliphatic heterocycles. The molecule has 0 saturated heterocycles. The number of H-pyrrole nitrogens is 1. The van der Waals surface area contributed by atoms with Crippen molar-refractivity contribution in [3.63, 3.8) is 0 Å². The van der Waals surface area contributed by atoms with Crippen molar-refractivity contribution >= 4 is 51.2 Å². The van der Waals surface area contributed by atoms with Crippen LogP contribution in [0.25, 0.3) is 27.7 Å². The molecular weight excluding hydrogens is 635 g/mol. The number of nitrogens with zero attached hydrogens (tertiary/aromatic N) is 3. The molecule has 6 rings (SSSR count). The number of para-hydroxylation sites is 2. The van der Waals surface area contributed by atoms with Crippen LogP contribution in [0.5, 0.6) is 17.2 Å². The van der Waals surface area contributed by atoms with E-state index >= 15 is 0 Å². The molecule has 0 bridgehead atoms. The number of pyridine rings is 1. The van der Waals surface area contributed by atoms with E-state index in [1.807, 2.05) is 76.9 Å². The van der Waals surface area contributed by atoms with Gasteiger partial charge in [0.1, 0.15) is 34.8 Å². The second-order valence-corrected chi connectivity index (χ2v) is 11.0. The molecule has 2 aromatic heterocycles. The fourth-order valence-corrected chi connectivity index (χ4v) is 4.95. The quantitative estimate of drug-likeness (QED) is 0.121. The molecule has 11 heteroatoms. The van der Waals surface area contributed by atoms with Crippen LogP contribution in [-0.2, 0) is 11.4 Å². The molecule has 3 aromatic carbocycles. The minimum Gasteiger partial charge on any atom is -0.485 e. The van der Waals surface area contributed by atoms with Gasteiger partial charge in [-0.05, 0) is 49.5 Å². The highest BCUT2D eigenvalue weighted by molar-refractivity contribution is 14.1. The lowest BCUT2D eigenvalue weighted by atomic mass is 9.98. The van der Waals surface area contributed by atoms with Gasteiger partial charge in [-0.25, -0.2) is 7.80 Å². The van der Waals surface area contributed by atoms with Gasteiger partial charge >= 0.3 is 0 Å². The number of hydrogen-bond acceptors (Lipinski definition) is 7. The van der Waals surface area contributed by atoms with Crippen LogP contribution in [0, 0.1) is 0 Å². The highest BCUT2D eigenvalue weighted by Gasteiger charge is 2.28. The number of amides is 1. The summed E-state index contributed by atoms with van der Waals surface area (Å²) in [6, 6.07) is 22.2. The predicted molar refractivity (Wildman–Crippen MR) is 167 cm³/mol. The lowest BCUT2D eigenvalue weighted by Gasteiger charge is -2.23. The number of rotatable bonds is 7. The Balaban J connectivity index is 1.38. The molecule has 0 saturated carbocycles. The van der Waals surface area contributed by atoms with Gasteiger partial charge in [-0.3, -0.25) is 9.59 Å². The Hall–Kier alpha value is -4.62. The largest absolute Gasteiger partial charge is 0.485 e. The van der Waals surface area contributed by atoms with Crippen molar-refractivity contribution in [3.8, 4) is 34.1 Å². The van der Waals surface area contributed by atoms with Crippen LogP contribution in [-0.4, -0.2) is 37.4 Å². The molecule has 3 heterocycles. The standard InChI is InChI=1S/C30H25IN6O4/c1-36(31)16-6-11-24(38)33-22-10-5-9-21-25-23(17-40-28(21)22)34-30(39)26-27(25)35-37(29(26)32)18-12-14-20(15-13-18)41-19-7-3-2-4-8-19/h2-15H,16-17,32H2,1H3,(H,33,38)(H,34,39)/b11-6+. The molecule has 206 valence electrons. The number of aromatic amines is 1. The molecule has 41 heavy (non-hydrogen) atoms. The Morgan fingerprint density at radius 2 is 1.90 bits per heavy atom. The van der Waals surface area contributed by atoms with Gasteiger partial charge in [0.15, 0.2) is 5.75 Å². The first-order valence-corrected chi connectivity index (χ1v) is 13.7. The van der Waals surface area contributed by atoms with E-state index in [1.165, 1.54) is 6.08 Å². The molecule has 10 nitrogen and oxygen atoms in total. The van der Waals surface area contributed by atoms with Crippen LogP contribution in [0.15, 0.2) is 89.7 Å². The fourth-order valence-electron chi connectivity index (χ4n) is 4.72. The van der Waals surface area contributed by atoms with Crippen LogP contribution in [0.4, 0.5) is 11.5 Å². The zero-order valence-electron chi connectivity index (χ0n) is 21.9. The number of nitrogen functional groups attached to an aromatic ring is 1. The Labute approximate surface area is 248 Å². The minimum absolute atomic E-state index is 0.105. The Kier molecular flexibility index (Phi) is 7.20. The van der Waals surface area contributed by atoms with E-state index in [9.17, 15) is 9.59 Å². The van der Waals surface area contributed by atoms with Gasteiger partial charge in [0.05, 0.1) is 17.1 Å². The molecule has 1 amide bonds. The van der Waals surface area contributed by atoms with Crippen molar-refractivity contribution in [2.45, 2.75) is 6.61 Å². The lowest BCUT2D eigenvalue weighted by Crippen LogP contribution is -2.18. The van der Waals surface area contributed by atoms with Gasteiger partial charge in [0, 0.05) is 46.6 Å². The third-order valence-electron chi connectivity index (χ3n) is 6.54. The van der Waals surface area contributed by atoms with Crippen LogP contribution >= 0.6 is 22.9 Å². The fraction of sp³-hybridized carbons (Fsp3) is 0.100. The maximum atomic E-state index is 13.1.